The van der Waals surface area contributed by atoms with Crippen LogP contribution in [0.15, 0.2) is 33.2 Å². The molecule has 1 amide bonds. The summed E-state index contributed by atoms with van der Waals surface area (Å²) in [6.45, 7) is 2.07. The Morgan fingerprint density at radius 3 is 3.05 bits per heavy atom. The van der Waals surface area contributed by atoms with Gasteiger partial charge in [0.15, 0.2) is 5.84 Å². The van der Waals surface area contributed by atoms with Gasteiger partial charge in [0.1, 0.15) is 5.04 Å². The highest BCUT2D eigenvalue weighted by Crippen LogP contribution is 2.30. The summed E-state index contributed by atoms with van der Waals surface area (Å²) in [4.78, 5) is 17.0. The van der Waals surface area contributed by atoms with Crippen molar-refractivity contribution in [1.82, 2.24) is 5.01 Å². The molecule has 0 unspecified atom stereocenters. The minimum absolute atomic E-state index is 0.104. The number of thiophene rings is 1. The van der Waals surface area contributed by atoms with Crippen molar-refractivity contribution in [2.75, 3.05) is 0 Å². The molecule has 3 heterocycles. The van der Waals surface area contributed by atoms with Gasteiger partial charge in [-0.15, -0.1) is 11.3 Å². The Labute approximate surface area is 124 Å². The molecule has 5 nitrogen and oxygen atoms in total. The molecule has 1 aromatic rings. The number of thioether (sulfide) groups is 1. The predicted octanol–water partition coefficient (Wildman–Crippen LogP) is 3.17. The maximum atomic E-state index is 12.1. The number of carbonyl (C=O) groups is 1. The molecule has 2 aliphatic rings. The number of carbonyl (C=O) groups excluding carboxylic acids is 1. The van der Waals surface area contributed by atoms with Gasteiger partial charge in [-0.3, -0.25) is 10.2 Å². The van der Waals surface area contributed by atoms with Gasteiger partial charge in [0.25, 0.3) is 5.91 Å². The van der Waals surface area contributed by atoms with Crippen LogP contribution in [-0.2, 0) is 4.79 Å². The van der Waals surface area contributed by atoms with Crippen LogP contribution in [0.1, 0.15) is 24.6 Å². The molecule has 0 saturated carbocycles. The Morgan fingerprint density at radius 2 is 2.35 bits per heavy atom. The number of fused-ring (bicyclic) bond motifs is 1. The number of aliphatic imine (C=N–C) groups is 1. The second-order valence-corrected chi connectivity index (χ2v) is 6.30. The first kappa shape index (κ1) is 13.3. The zero-order valence-electron chi connectivity index (χ0n) is 10.8. The van der Waals surface area contributed by atoms with Crippen molar-refractivity contribution in [3.05, 3.63) is 28.0 Å². The van der Waals surface area contributed by atoms with Crippen LogP contribution in [0.4, 0.5) is 0 Å². The van der Waals surface area contributed by atoms with E-state index in [9.17, 15) is 4.79 Å². The Morgan fingerprint density at radius 1 is 1.50 bits per heavy atom. The van der Waals surface area contributed by atoms with E-state index in [4.69, 9.17) is 5.41 Å². The van der Waals surface area contributed by atoms with Crippen LogP contribution in [0, 0.1) is 5.41 Å². The molecule has 0 bridgehead atoms. The third-order valence-corrected chi connectivity index (χ3v) is 4.58. The Balaban J connectivity index is 1.94. The molecule has 0 saturated heterocycles. The number of nitrogens with zero attached hydrogens (tertiary/aromatic N) is 3. The van der Waals surface area contributed by atoms with Crippen LogP contribution in [0.3, 0.4) is 0 Å². The van der Waals surface area contributed by atoms with Gasteiger partial charge >= 0.3 is 0 Å². The van der Waals surface area contributed by atoms with Gasteiger partial charge < -0.3 is 0 Å². The number of amides is 1. The summed E-state index contributed by atoms with van der Waals surface area (Å²) >= 11 is 2.90. The molecule has 0 fully saturated rings. The van der Waals surface area contributed by atoms with E-state index in [1.165, 1.54) is 28.1 Å². The lowest BCUT2D eigenvalue weighted by Crippen LogP contribution is -2.35. The quantitative estimate of drug-likeness (QED) is 0.872. The van der Waals surface area contributed by atoms with Crippen molar-refractivity contribution in [1.29, 1.82) is 5.41 Å². The van der Waals surface area contributed by atoms with Crippen molar-refractivity contribution in [2.24, 2.45) is 10.1 Å². The molecule has 0 spiro atoms. The number of nitrogens with one attached hydrogen (secondary N) is 1. The SMILES string of the molecule is CCCC1=NN2C(=N)C(=Cc3cccs3)C(=O)N=C2S1. The number of hydrazone groups is 1. The third kappa shape index (κ3) is 2.34. The normalized spacial score (nSPS) is 20.2. The summed E-state index contributed by atoms with van der Waals surface area (Å²) in [5.41, 5.74) is 0.290. The van der Waals surface area contributed by atoms with E-state index in [0.29, 0.717) is 10.7 Å². The average Bonchev–Trinajstić information content (AvgIpc) is 3.04. The van der Waals surface area contributed by atoms with Crippen LogP contribution in [0.5, 0.6) is 0 Å². The third-order valence-electron chi connectivity index (χ3n) is 2.79. The standard InChI is InChI=1S/C13H12N4OS2/c1-2-4-10-16-17-11(14)9(7-8-5-3-6-19-8)12(18)15-13(17)20-10/h3,5-7,14H,2,4H2,1H3. The van der Waals surface area contributed by atoms with Crippen molar-refractivity contribution >= 4 is 51.1 Å². The first-order chi connectivity index (χ1) is 9.69. The van der Waals surface area contributed by atoms with Crippen LogP contribution >= 0.6 is 23.1 Å². The maximum absolute atomic E-state index is 12.1. The number of hydrogen-bond acceptors (Lipinski definition) is 5. The Hall–Kier alpha value is -1.73. The fraction of sp³-hybridized carbons (Fsp3) is 0.231. The summed E-state index contributed by atoms with van der Waals surface area (Å²) in [6, 6.07) is 3.81. The predicted molar refractivity (Wildman–Crippen MR) is 84.2 cm³/mol. The van der Waals surface area contributed by atoms with E-state index in [-0.39, 0.29) is 11.7 Å². The minimum Gasteiger partial charge on any atom is -0.282 e. The Bertz CT molecular complexity index is 658. The largest absolute Gasteiger partial charge is 0.283 e. The molecule has 0 radical (unpaired) electrons. The summed E-state index contributed by atoms with van der Waals surface area (Å²) in [7, 11) is 0. The van der Waals surface area contributed by atoms with Crippen molar-refractivity contribution in [2.45, 2.75) is 19.8 Å². The summed E-state index contributed by atoms with van der Waals surface area (Å²) < 4.78 is 0. The first-order valence-corrected chi connectivity index (χ1v) is 7.91. The van der Waals surface area contributed by atoms with E-state index in [0.717, 1.165) is 22.8 Å². The van der Waals surface area contributed by atoms with Crippen molar-refractivity contribution < 1.29 is 4.79 Å². The van der Waals surface area contributed by atoms with Crippen molar-refractivity contribution in [3.63, 3.8) is 0 Å². The molecule has 20 heavy (non-hydrogen) atoms. The molecule has 0 aromatic carbocycles. The van der Waals surface area contributed by atoms with Crippen LogP contribution in [0.25, 0.3) is 6.08 Å². The highest BCUT2D eigenvalue weighted by Gasteiger charge is 2.35. The molecule has 1 N–H and O–H groups in total. The number of hydrogen-bond donors (Lipinski definition) is 1. The molecule has 3 rings (SSSR count). The minimum atomic E-state index is -0.366. The van der Waals surface area contributed by atoms with Crippen LogP contribution in [-0.4, -0.2) is 27.0 Å². The molecule has 0 atom stereocenters. The first-order valence-electron chi connectivity index (χ1n) is 6.21. The van der Waals surface area contributed by atoms with E-state index in [1.54, 1.807) is 6.08 Å². The average molecular weight is 304 g/mol. The van der Waals surface area contributed by atoms with Gasteiger partial charge in [0.2, 0.25) is 5.17 Å². The summed E-state index contributed by atoms with van der Waals surface area (Å²) in [5, 5.41) is 17.3. The van der Waals surface area contributed by atoms with E-state index >= 15 is 0 Å². The topological polar surface area (TPSA) is 68.9 Å². The van der Waals surface area contributed by atoms with Crippen LogP contribution in [0.2, 0.25) is 0 Å². The molecule has 2 aliphatic heterocycles. The van der Waals surface area contributed by atoms with Gasteiger partial charge in [0, 0.05) is 4.88 Å². The lowest BCUT2D eigenvalue weighted by molar-refractivity contribution is -0.114. The number of rotatable bonds is 3. The molecule has 102 valence electrons. The second-order valence-electron chi connectivity index (χ2n) is 4.28. The fourth-order valence-corrected chi connectivity index (χ4v) is 3.51. The van der Waals surface area contributed by atoms with Gasteiger partial charge in [-0.2, -0.15) is 15.1 Å². The van der Waals surface area contributed by atoms with Gasteiger partial charge in [-0.25, -0.2) is 0 Å². The van der Waals surface area contributed by atoms with Crippen LogP contribution < -0.4 is 0 Å². The molecule has 0 aliphatic carbocycles. The smallest absolute Gasteiger partial charge is 0.282 e. The highest BCUT2D eigenvalue weighted by atomic mass is 32.2. The van der Waals surface area contributed by atoms with Gasteiger partial charge in [0.05, 0.1) is 5.57 Å². The fourth-order valence-electron chi connectivity index (χ4n) is 1.86. The number of amidine groups is 2. The molecule has 1 aromatic heterocycles. The molecule has 7 heteroatoms. The highest BCUT2D eigenvalue weighted by molar-refractivity contribution is 8.26. The van der Waals surface area contributed by atoms with E-state index < -0.39 is 0 Å². The monoisotopic (exact) mass is 304 g/mol. The van der Waals surface area contributed by atoms with Crippen molar-refractivity contribution in [3.8, 4) is 0 Å². The second kappa shape index (κ2) is 5.34. The summed E-state index contributed by atoms with van der Waals surface area (Å²) in [5.74, 6) is -0.262. The van der Waals surface area contributed by atoms with Gasteiger partial charge in [-0.05, 0) is 42.1 Å². The zero-order chi connectivity index (χ0) is 14.1. The molecular weight excluding hydrogens is 292 g/mol. The zero-order valence-corrected chi connectivity index (χ0v) is 12.4. The molecular formula is C13H12N4OS2. The van der Waals surface area contributed by atoms with E-state index in [1.807, 2.05) is 17.5 Å². The summed E-state index contributed by atoms with van der Waals surface area (Å²) in [6.07, 6.45) is 3.52. The van der Waals surface area contributed by atoms with E-state index in [2.05, 4.69) is 17.0 Å². The lowest BCUT2D eigenvalue weighted by Gasteiger charge is -2.19. The van der Waals surface area contributed by atoms with Gasteiger partial charge in [-0.1, -0.05) is 13.0 Å². The lowest BCUT2D eigenvalue weighted by atomic mass is 10.1. The maximum Gasteiger partial charge on any atom is 0.283 e. The Kier molecular flexibility index (Phi) is 3.54.